The van der Waals surface area contributed by atoms with E-state index in [1.165, 1.54) is 11.0 Å². The smallest absolute Gasteiger partial charge is 0.421 e. The number of carbonyl (C=O) groups is 1. The van der Waals surface area contributed by atoms with Crippen LogP contribution in [0.3, 0.4) is 0 Å². The Kier molecular flexibility index (Phi) is 4.98. The molecule has 0 spiro atoms. The highest BCUT2D eigenvalue weighted by molar-refractivity contribution is 6.09. The molecular formula is C22H21F3N6O2. The summed E-state index contributed by atoms with van der Waals surface area (Å²) >= 11 is 0. The minimum absolute atomic E-state index is 0.0890. The van der Waals surface area contributed by atoms with Crippen LogP contribution < -0.4 is 14.5 Å². The Balaban J connectivity index is 1.54. The number of methoxy groups -OCH3 is 1. The Morgan fingerprint density at radius 2 is 1.94 bits per heavy atom. The van der Waals surface area contributed by atoms with Gasteiger partial charge in [0.1, 0.15) is 22.9 Å². The van der Waals surface area contributed by atoms with Crippen molar-refractivity contribution in [1.29, 1.82) is 0 Å². The SMILES string of the molecule is COc1nc(N2C[C@H](C)n3ncc(-c4ccnc(N5CCC5)c4)c3C2=O)ccc1C(F)(F)F. The molecular weight excluding hydrogens is 437 g/mol. The first-order valence-electron chi connectivity index (χ1n) is 10.5. The van der Waals surface area contributed by atoms with E-state index in [0.717, 1.165) is 44.1 Å². The molecule has 0 aromatic carbocycles. The molecule has 0 unspecified atom stereocenters. The minimum atomic E-state index is -4.61. The Labute approximate surface area is 187 Å². The number of fused-ring (bicyclic) bond motifs is 1. The van der Waals surface area contributed by atoms with Crippen LogP contribution in [-0.2, 0) is 6.18 Å². The number of hydrogen-bond acceptors (Lipinski definition) is 6. The Hall–Kier alpha value is -3.63. The van der Waals surface area contributed by atoms with Gasteiger partial charge in [-0.05, 0) is 43.2 Å². The zero-order chi connectivity index (χ0) is 23.3. The highest BCUT2D eigenvalue weighted by atomic mass is 19.4. The molecule has 5 heterocycles. The molecule has 2 aliphatic heterocycles. The summed E-state index contributed by atoms with van der Waals surface area (Å²) in [6, 6.07) is 5.60. The van der Waals surface area contributed by atoms with Crippen LogP contribution in [0.25, 0.3) is 11.1 Å². The van der Waals surface area contributed by atoms with Crippen molar-refractivity contribution in [2.75, 3.05) is 36.5 Å². The first kappa shape index (κ1) is 21.2. The highest BCUT2D eigenvalue weighted by Gasteiger charge is 2.38. The maximum Gasteiger partial charge on any atom is 0.421 e. The molecule has 3 aromatic heterocycles. The molecule has 33 heavy (non-hydrogen) atoms. The molecule has 3 aromatic rings. The van der Waals surface area contributed by atoms with Crippen molar-refractivity contribution >= 4 is 17.5 Å². The molecule has 172 valence electrons. The quantitative estimate of drug-likeness (QED) is 0.592. The summed E-state index contributed by atoms with van der Waals surface area (Å²) in [4.78, 5) is 25.4. The number of ether oxygens (including phenoxy) is 1. The summed E-state index contributed by atoms with van der Waals surface area (Å²) < 4.78 is 46.2. The third-order valence-electron chi connectivity index (χ3n) is 5.96. The van der Waals surface area contributed by atoms with Crippen LogP contribution in [0, 0.1) is 0 Å². The summed E-state index contributed by atoms with van der Waals surface area (Å²) in [6.45, 7) is 3.98. The highest BCUT2D eigenvalue weighted by Crippen LogP contribution is 2.38. The number of rotatable bonds is 4. The van der Waals surface area contributed by atoms with Crippen molar-refractivity contribution in [3.05, 3.63) is 47.9 Å². The van der Waals surface area contributed by atoms with Gasteiger partial charge in [-0.1, -0.05) is 0 Å². The third kappa shape index (κ3) is 3.57. The van der Waals surface area contributed by atoms with Gasteiger partial charge in [0.15, 0.2) is 0 Å². The van der Waals surface area contributed by atoms with Crippen LogP contribution in [-0.4, -0.2) is 52.4 Å². The molecule has 1 saturated heterocycles. The number of hydrogen-bond donors (Lipinski definition) is 0. The van der Waals surface area contributed by atoms with E-state index >= 15 is 0 Å². The summed E-state index contributed by atoms with van der Waals surface area (Å²) in [5.41, 5.74) is 0.801. The molecule has 0 saturated carbocycles. The number of nitrogens with zero attached hydrogens (tertiary/aromatic N) is 6. The van der Waals surface area contributed by atoms with E-state index in [2.05, 4.69) is 20.0 Å². The fraction of sp³-hybridized carbons (Fsp3) is 0.364. The third-order valence-corrected chi connectivity index (χ3v) is 5.96. The van der Waals surface area contributed by atoms with Crippen molar-refractivity contribution in [3.8, 4) is 17.0 Å². The molecule has 0 bridgehead atoms. The first-order valence-corrected chi connectivity index (χ1v) is 10.5. The zero-order valence-electron chi connectivity index (χ0n) is 18.0. The van der Waals surface area contributed by atoms with E-state index in [1.807, 2.05) is 19.1 Å². The maximum absolute atomic E-state index is 13.5. The monoisotopic (exact) mass is 458 g/mol. The Bertz CT molecular complexity index is 1220. The Morgan fingerprint density at radius 3 is 2.61 bits per heavy atom. The maximum atomic E-state index is 13.5. The van der Waals surface area contributed by atoms with Gasteiger partial charge in [-0.3, -0.25) is 14.4 Å². The molecule has 8 nitrogen and oxygen atoms in total. The number of halogens is 3. The molecule has 1 atom stereocenters. The number of carbonyl (C=O) groups excluding carboxylic acids is 1. The van der Waals surface area contributed by atoms with Crippen molar-refractivity contribution in [2.24, 2.45) is 0 Å². The lowest BCUT2D eigenvalue weighted by Gasteiger charge is -2.33. The Morgan fingerprint density at radius 1 is 1.15 bits per heavy atom. The lowest BCUT2D eigenvalue weighted by molar-refractivity contribution is -0.139. The van der Waals surface area contributed by atoms with Gasteiger partial charge < -0.3 is 9.64 Å². The minimum Gasteiger partial charge on any atom is -0.481 e. The van der Waals surface area contributed by atoms with Crippen LogP contribution in [0.1, 0.15) is 35.4 Å². The fourth-order valence-electron chi connectivity index (χ4n) is 4.13. The lowest BCUT2D eigenvalue weighted by Crippen LogP contribution is -2.43. The van der Waals surface area contributed by atoms with Gasteiger partial charge >= 0.3 is 6.18 Å². The predicted octanol–water partition coefficient (Wildman–Crippen LogP) is 3.80. The van der Waals surface area contributed by atoms with Crippen LogP contribution in [0.2, 0.25) is 0 Å². The average molecular weight is 458 g/mol. The van der Waals surface area contributed by atoms with Crippen LogP contribution in [0.4, 0.5) is 24.8 Å². The molecule has 2 aliphatic rings. The van der Waals surface area contributed by atoms with Crippen LogP contribution in [0.15, 0.2) is 36.7 Å². The molecule has 1 amide bonds. The molecule has 0 aliphatic carbocycles. The second kappa shape index (κ2) is 7.75. The lowest BCUT2D eigenvalue weighted by atomic mass is 10.0. The average Bonchev–Trinajstić information content (AvgIpc) is 3.20. The molecule has 0 N–H and O–H groups in total. The zero-order valence-corrected chi connectivity index (χ0v) is 18.0. The van der Waals surface area contributed by atoms with E-state index < -0.39 is 23.5 Å². The predicted molar refractivity (Wildman–Crippen MR) is 114 cm³/mol. The van der Waals surface area contributed by atoms with Gasteiger partial charge in [-0.15, -0.1) is 0 Å². The van der Waals surface area contributed by atoms with Gasteiger partial charge in [-0.2, -0.15) is 23.3 Å². The normalized spacial score (nSPS) is 18.2. The summed E-state index contributed by atoms with van der Waals surface area (Å²) in [5, 5.41) is 4.42. The molecule has 0 radical (unpaired) electrons. The second-order valence-corrected chi connectivity index (χ2v) is 8.08. The van der Waals surface area contributed by atoms with E-state index in [1.54, 1.807) is 17.1 Å². The van der Waals surface area contributed by atoms with E-state index in [9.17, 15) is 18.0 Å². The van der Waals surface area contributed by atoms with Gasteiger partial charge in [0.05, 0.1) is 19.3 Å². The standard InChI is InChI=1S/C22H21F3N6O2/c1-13-12-30(17-5-4-16(22(23,24)25)20(28-17)33-2)21(32)19-15(11-27-31(13)19)14-6-7-26-18(10-14)29-8-3-9-29/h4-7,10-11,13H,3,8-9,12H2,1-2H3/t13-/m0/s1. The summed E-state index contributed by atoms with van der Waals surface area (Å²) in [6.07, 6.45) is -0.159. The summed E-state index contributed by atoms with van der Waals surface area (Å²) in [5.74, 6) is -0.0441. The van der Waals surface area contributed by atoms with Crippen LogP contribution in [0.5, 0.6) is 5.88 Å². The van der Waals surface area contributed by atoms with Crippen molar-refractivity contribution < 1.29 is 22.7 Å². The number of pyridine rings is 2. The van der Waals surface area contributed by atoms with Gasteiger partial charge in [-0.25, -0.2) is 4.98 Å². The number of anilines is 2. The number of aromatic nitrogens is 4. The van der Waals surface area contributed by atoms with Crippen molar-refractivity contribution in [3.63, 3.8) is 0 Å². The van der Waals surface area contributed by atoms with Gasteiger partial charge in [0.25, 0.3) is 5.91 Å². The second-order valence-electron chi connectivity index (χ2n) is 8.08. The van der Waals surface area contributed by atoms with E-state index in [4.69, 9.17) is 4.74 Å². The number of alkyl halides is 3. The number of amides is 1. The van der Waals surface area contributed by atoms with Crippen molar-refractivity contribution in [2.45, 2.75) is 25.6 Å². The van der Waals surface area contributed by atoms with Crippen molar-refractivity contribution in [1.82, 2.24) is 19.7 Å². The molecule has 11 heteroatoms. The van der Waals surface area contributed by atoms with E-state index in [-0.39, 0.29) is 18.4 Å². The molecule has 5 rings (SSSR count). The van der Waals surface area contributed by atoms with E-state index in [0.29, 0.717) is 11.3 Å². The topological polar surface area (TPSA) is 76.4 Å². The van der Waals surface area contributed by atoms with Gasteiger partial charge in [0, 0.05) is 31.4 Å². The summed E-state index contributed by atoms with van der Waals surface area (Å²) in [7, 11) is 1.12. The van der Waals surface area contributed by atoms with Gasteiger partial charge in [0.2, 0.25) is 5.88 Å². The molecule has 1 fully saturated rings. The first-order chi connectivity index (χ1) is 15.8. The fourth-order valence-corrected chi connectivity index (χ4v) is 4.13. The largest absolute Gasteiger partial charge is 0.481 e. The van der Waals surface area contributed by atoms with Crippen LogP contribution >= 0.6 is 0 Å².